The number of carbonyl (C=O) groups is 1. The van der Waals surface area contributed by atoms with Crippen LogP contribution in [0.1, 0.15) is 10.4 Å². The first-order chi connectivity index (χ1) is 8.99. The molecule has 0 aromatic heterocycles. The number of hydrogen-bond donors (Lipinski definition) is 1. The molecule has 0 aliphatic carbocycles. The van der Waals surface area contributed by atoms with Gasteiger partial charge in [0.05, 0.1) is 21.3 Å². The highest BCUT2D eigenvalue weighted by Gasteiger charge is 2.14. The molecule has 0 unspecified atom stereocenters. The second-order valence-corrected chi connectivity index (χ2v) is 6.26. The van der Waals surface area contributed by atoms with E-state index >= 15 is 0 Å². The monoisotopic (exact) mass is 421 g/mol. The number of anilines is 1. The zero-order chi connectivity index (χ0) is 14.0. The van der Waals surface area contributed by atoms with Crippen LogP contribution in [-0.4, -0.2) is 5.91 Å². The molecule has 0 bridgehead atoms. The van der Waals surface area contributed by atoms with Crippen molar-refractivity contribution in [3.8, 4) is 0 Å². The number of para-hydroxylation sites is 1. The van der Waals surface area contributed by atoms with E-state index in [1.165, 1.54) is 0 Å². The molecule has 0 radical (unpaired) electrons. The van der Waals surface area contributed by atoms with Gasteiger partial charge in [0.15, 0.2) is 0 Å². The van der Waals surface area contributed by atoms with Crippen molar-refractivity contribution in [2.45, 2.75) is 0 Å². The van der Waals surface area contributed by atoms with Gasteiger partial charge in [0.1, 0.15) is 0 Å². The first-order valence-corrected chi connectivity index (χ1v) is 7.53. The van der Waals surface area contributed by atoms with E-state index in [-0.39, 0.29) is 5.91 Å². The first-order valence-electron chi connectivity index (χ1n) is 5.19. The van der Waals surface area contributed by atoms with E-state index in [0.717, 1.165) is 4.47 Å². The molecule has 1 amide bonds. The summed E-state index contributed by atoms with van der Waals surface area (Å²) in [6.07, 6.45) is 0. The van der Waals surface area contributed by atoms with Gasteiger partial charge in [-0.3, -0.25) is 4.79 Å². The number of halogens is 4. The predicted molar refractivity (Wildman–Crippen MR) is 86.3 cm³/mol. The molecule has 0 saturated carbocycles. The molecule has 2 nitrogen and oxygen atoms in total. The third-order valence-electron chi connectivity index (χ3n) is 2.38. The van der Waals surface area contributed by atoms with Crippen molar-refractivity contribution in [1.82, 2.24) is 0 Å². The average molecular weight is 424 g/mol. The maximum Gasteiger partial charge on any atom is 0.256 e. The van der Waals surface area contributed by atoms with Crippen LogP contribution in [-0.2, 0) is 0 Å². The van der Waals surface area contributed by atoms with Crippen molar-refractivity contribution in [1.29, 1.82) is 0 Å². The minimum atomic E-state index is -0.283. The summed E-state index contributed by atoms with van der Waals surface area (Å²) >= 11 is 18.7. The maximum atomic E-state index is 12.2. The van der Waals surface area contributed by atoms with Gasteiger partial charge in [0, 0.05) is 8.95 Å². The van der Waals surface area contributed by atoms with Gasteiger partial charge >= 0.3 is 0 Å². The number of nitrogens with one attached hydrogen (secondary N) is 1. The van der Waals surface area contributed by atoms with Gasteiger partial charge in [-0.2, -0.15) is 0 Å². The highest BCUT2D eigenvalue weighted by Crippen LogP contribution is 2.31. The Morgan fingerprint density at radius 2 is 1.68 bits per heavy atom. The molecule has 19 heavy (non-hydrogen) atoms. The van der Waals surface area contributed by atoms with Crippen molar-refractivity contribution < 1.29 is 4.79 Å². The predicted octanol–water partition coefficient (Wildman–Crippen LogP) is 5.77. The Morgan fingerprint density at radius 1 is 1.05 bits per heavy atom. The minimum absolute atomic E-state index is 0.283. The second kappa shape index (κ2) is 6.27. The number of rotatable bonds is 2. The molecule has 98 valence electrons. The van der Waals surface area contributed by atoms with E-state index in [4.69, 9.17) is 23.2 Å². The van der Waals surface area contributed by atoms with Gasteiger partial charge in [0.2, 0.25) is 0 Å². The van der Waals surface area contributed by atoms with Crippen LogP contribution >= 0.6 is 55.1 Å². The summed E-state index contributed by atoms with van der Waals surface area (Å²) < 4.78 is 1.56. The van der Waals surface area contributed by atoms with Gasteiger partial charge < -0.3 is 5.32 Å². The molecule has 0 spiro atoms. The van der Waals surface area contributed by atoms with E-state index in [9.17, 15) is 4.79 Å². The Kier molecular flexibility index (Phi) is 4.90. The quantitative estimate of drug-likeness (QED) is 0.652. The Balaban J connectivity index is 2.31. The fourth-order valence-electron chi connectivity index (χ4n) is 1.47. The third kappa shape index (κ3) is 3.51. The van der Waals surface area contributed by atoms with E-state index in [0.29, 0.717) is 25.8 Å². The van der Waals surface area contributed by atoms with E-state index in [2.05, 4.69) is 37.2 Å². The largest absolute Gasteiger partial charge is 0.319 e. The van der Waals surface area contributed by atoms with Crippen molar-refractivity contribution in [3.63, 3.8) is 0 Å². The van der Waals surface area contributed by atoms with Crippen LogP contribution in [0.25, 0.3) is 0 Å². The summed E-state index contributed by atoms with van der Waals surface area (Å²) in [5.41, 5.74) is 0.907. The van der Waals surface area contributed by atoms with Gasteiger partial charge in [-0.05, 0) is 46.3 Å². The summed E-state index contributed by atoms with van der Waals surface area (Å²) in [4.78, 5) is 12.2. The summed E-state index contributed by atoms with van der Waals surface area (Å²) in [6.45, 7) is 0. The standard InChI is InChI=1S/C13H7Br2Cl2NO/c14-7-4-5-8(9(15)6-7)13(19)18-12-10(16)2-1-3-11(12)17/h1-6H,(H,18,19). The lowest BCUT2D eigenvalue weighted by atomic mass is 10.2. The van der Waals surface area contributed by atoms with Crippen LogP contribution in [0.15, 0.2) is 45.3 Å². The number of hydrogen-bond acceptors (Lipinski definition) is 1. The number of carbonyl (C=O) groups excluding carboxylic acids is 1. The fraction of sp³-hybridized carbons (Fsp3) is 0. The van der Waals surface area contributed by atoms with Crippen LogP contribution in [0.5, 0.6) is 0 Å². The lowest BCUT2D eigenvalue weighted by Crippen LogP contribution is -2.13. The van der Waals surface area contributed by atoms with Gasteiger partial charge in [-0.1, -0.05) is 45.2 Å². The highest BCUT2D eigenvalue weighted by atomic mass is 79.9. The average Bonchev–Trinajstić information content (AvgIpc) is 2.33. The Bertz CT molecular complexity index is 626. The summed E-state index contributed by atoms with van der Waals surface area (Å²) in [5.74, 6) is -0.283. The fourth-order valence-corrected chi connectivity index (χ4v) is 3.19. The van der Waals surface area contributed by atoms with Crippen LogP contribution in [0.3, 0.4) is 0 Å². The van der Waals surface area contributed by atoms with Crippen molar-refractivity contribution in [2.24, 2.45) is 0 Å². The molecule has 0 fully saturated rings. The molecule has 0 aliphatic heterocycles. The SMILES string of the molecule is O=C(Nc1c(Cl)cccc1Cl)c1ccc(Br)cc1Br. The normalized spacial score (nSPS) is 10.3. The van der Waals surface area contributed by atoms with Crippen LogP contribution in [0.2, 0.25) is 10.0 Å². The topological polar surface area (TPSA) is 29.1 Å². The van der Waals surface area contributed by atoms with E-state index in [1.807, 2.05) is 0 Å². The highest BCUT2D eigenvalue weighted by molar-refractivity contribution is 9.11. The minimum Gasteiger partial charge on any atom is -0.319 e. The van der Waals surface area contributed by atoms with Gasteiger partial charge in [-0.15, -0.1) is 0 Å². The molecule has 0 heterocycles. The number of benzene rings is 2. The maximum absolute atomic E-state index is 12.2. The lowest BCUT2D eigenvalue weighted by Gasteiger charge is -2.10. The van der Waals surface area contributed by atoms with Crippen LogP contribution in [0, 0.1) is 0 Å². The molecule has 6 heteroatoms. The molecule has 0 aliphatic rings. The number of amides is 1. The zero-order valence-electron chi connectivity index (χ0n) is 9.38. The van der Waals surface area contributed by atoms with Crippen LogP contribution in [0.4, 0.5) is 5.69 Å². The molecule has 2 aromatic carbocycles. The Hall–Kier alpha value is -0.550. The van der Waals surface area contributed by atoms with Crippen molar-refractivity contribution in [2.75, 3.05) is 5.32 Å². The summed E-state index contributed by atoms with van der Waals surface area (Å²) in [7, 11) is 0. The van der Waals surface area contributed by atoms with Crippen LogP contribution < -0.4 is 5.32 Å². The van der Waals surface area contributed by atoms with Crippen molar-refractivity contribution in [3.05, 3.63) is 61.0 Å². The smallest absolute Gasteiger partial charge is 0.256 e. The summed E-state index contributed by atoms with van der Waals surface area (Å²) in [5, 5.41) is 3.50. The van der Waals surface area contributed by atoms with E-state index in [1.54, 1.807) is 36.4 Å². The lowest BCUT2D eigenvalue weighted by molar-refractivity contribution is 0.102. The van der Waals surface area contributed by atoms with E-state index < -0.39 is 0 Å². The van der Waals surface area contributed by atoms with Crippen molar-refractivity contribution >= 4 is 66.7 Å². The van der Waals surface area contributed by atoms with Gasteiger partial charge in [0.25, 0.3) is 5.91 Å². The molecule has 0 saturated heterocycles. The molecule has 1 N–H and O–H groups in total. The first kappa shape index (κ1) is 14.9. The molecule has 2 aromatic rings. The van der Waals surface area contributed by atoms with Gasteiger partial charge in [-0.25, -0.2) is 0 Å². The third-order valence-corrected chi connectivity index (χ3v) is 4.16. The molecular formula is C13H7Br2Cl2NO. The second-order valence-electron chi connectivity index (χ2n) is 3.67. The molecule has 2 rings (SSSR count). The zero-order valence-corrected chi connectivity index (χ0v) is 14.1. The molecular weight excluding hydrogens is 417 g/mol. The molecule has 0 atom stereocenters. The Morgan fingerprint density at radius 3 is 2.26 bits per heavy atom. The Labute approximate surface area is 137 Å². The summed E-state index contributed by atoms with van der Waals surface area (Å²) in [6, 6.07) is 10.3.